The maximum absolute atomic E-state index is 10.9. The normalized spacial score (nSPS) is 9.80. The third-order valence-corrected chi connectivity index (χ3v) is 2.52. The fourth-order valence-corrected chi connectivity index (χ4v) is 1.52. The summed E-state index contributed by atoms with van der Waals surface area (Å²) in [4.78, 5) is 10.4. The molecule has 0 aliphatic heterocycles. The molecule has 0 bridgehead atoms. The van der Waals surface area contributed by atoms with Crippen LogP contribution in [0.1, 0.15) is 18.9 Å². The minimum absolute atomic E-state index is 0.144. The fourth-order valence-electron chi connectivity index (χ4n) is 1.52. The first kappa shape index (κ1) is 15.7. The number of nitro benzene ring substituents is 1. The van der Waals surface area contributed by atoms with Crippen molar-refractivity contribution in [3.63, 3.8) is 0 Å². The minimum atomic E-state index is -0.561. The standard InChI is InChI=1S/C14H17N3O3/c1-3-6-16-9-11(2)10-20-14-5-4-12(8-15)7-13(14)17(18)19/h4-5,7,16H,2-3,6,9-10H2,1H3. The van der Waals surface area contributed by atoms with Crippen molar-refractivity contribution >= 4 is 5.69 Å². The van der Waals surface area contributed by atoms with Gasteiger partial charge >= 0.3 is 5.69 Å². The summed E-state index contributed by atoms with van der Waals surface area (Å²) in [5.41, 5.74) is 0.822. The zero-order chi connectivity index (χ0) is 15.0. The second-order valence-corrected chi connectivity index (χ2v) is 4.27. The summed E-state index contributed by atoms with van der Waals surface area (Å²) in [6.45, 7) is 7.59. The molecule has 1 rings (SSSR count). The first-order valence-electron chi connectivity index (χ1n) is 6.27. The third-order valence-electron chi connectivity index (χ3n) is 2.52. The summed E-state index contributed by atoms with van der Waals surface area (Å²) >= 11 is 0. The van der Waals surface area contributed by atoms with Gasteiger partial charge in [-0.25, -0.2) is 0 Å². The highest BCUT2D eigenvalue weighted by atomic mass is 16.6. The van der Waals surface area contributed by atoms with Crippen LogP contribution < -0.4 is 10.1 Å². The van der Waals surface area contributed by atoms with Gasteiger partial charge < -0.3 is 10.1 Å². The maximum atomic E-state index is 10.9. The number of nitro groups is 1. The monoisotopic (exact) mass is 275 g/mol. The van der Waals surface area contributed by atoms with Crippen LogP contribution in [-0.4, -0.2) is 24.6 Å². The Morgan fingerprint density at radius 3 is 2.95 bits per heavy atom. The molecule has 0 radical (unpaired) electrons. The van der Waals surface area contributed by atoms with Crippen LogP contribution in [0.15, 0.2) is 30.4 Å². The molecule has 106 valence electrons. The molecule has 0 saturated heterocycles. The predicted molar refractivity (Wildman–Crippen MR) is 75.6 cm³/mol. The number of rotatable bonds is 8. The molecule has 1 aromatic carbocycles. The Balaban J connectivity index is 2.66. The molecule has 0 aliphatic carbocycles. The first-order valence-corrected chi connectivity index (χ1v) is 6.27. The van der Waals surface area contributed by atoms with E-state index in [1.54, 1.807) is 0 Å². The second kappa shape index (κ2) is 7.92. The zero-order valence-corrected chi connectivity index (χ0v) is 11.4. The van der Waals surface area contributed by atoms with Gasteiger partial charge in [0.25, 0.3) is 0 Å². The van der Waals surface area contributed by atoms with E-state index in [0.717, 1.165) is 18.5 Å². The largest absolute Gasteiger partial charge is 0.482 e. The average molecular weight is 275 g/mol. The summed E-state index contributed by atoms with van der Waals surface area (Å²) in [5.74, 6) is 0.144. The van der Waals surface area contributed by atoms with Gasteiger partial charge in [0, 0.05) is 12.6 Å². The topological polar surface area (TPSA) is 88.2 Å². The van der Waals surface area contributed by atoms with Gasteiger partial charge in [0.05, 0.1) is 16.6 Å². The lowest BCUT2D eigenvalue weighted by molar-refractivity contribution is -0.385. The minimum Gasteiger partial charge on any atom is -0.482 e. The molecule has 0 aliphatic rings. The zero-order valence-electron chi connectivity index (χ0n) is 11.4. The molecule has 0 unspecified atom stereocenters. The molecule has 20 heavy (non-hydrogen) atoms. The lowest BCUT2D eigenvalue weighted by Gasteiger charge is -2.09. The lowest BCUT2D eigenvalue weighted by atomic mass is 10.2. The summed E-state index contributed by atoms with van der Waals surface area (Å²) in [6.07, 6.45) is 1.02. The average Bonchev–Trinajstić information content (AvgIpc) is 2.45. The van der Waals surface area contributed by atoms with Crippen molar-refractivity contribution in [2.45, 2.75) is 13.3 Å². The van der Waals surface area contributed by atoms with Crippen LogP contribution in [0, 0.1) is 21.4 Å². The van der Waals surface area contributed by atoms with E-state index in [2.05, 4.69) is 18.8 Å². The highest BCUT2D eigenvalue weighted by Crippen LogP contribution is 2.27. The van der Waals surface area contributed by atoms with Crippen molar-refractivity contribution in [1.82, 2.24) is 5.32 Å². The first-order chi connectivity index (χ1) is 9.58. The van der Waals surface area contributed by atoms with Crippen LogP contribution in [0.4, 0.5) is 5.69 Å². The summed E-state index contributed by atoms with van der Waals surface area (Å²) in [5, 5.41) is 22.8. The van der Waals surface area contributed by atoms with Crippen LogP contribution in [-0.2, 0) is 0 Å². The van der Waals surface area contributed by atoms with E-state index < -0.39 is 4.92 Å². The van der Waals surface area contributed by atoms with Crippen molar-refractivity contribution < 1.29 is 9.66 Å². The third kappa shape index (κ3) is 4.71. The molecule has 6 heteroatoms. The molecule has 0 atom stereocenters. The van der Waals surface area contributed by atoms with Gasteiger partial charge in [-0.15, -0.1) is 0 Å². The SMILES string of the molecule is C=C(CNCCC)COc1ccc(C#N)cc1[N+](=O)[O-]. The van der Waals surface area contributed by atoms with Crippen LogP contribution >= 0.6 is 0 Å². The van der Waals surface area contributed by atoms with E-state index in [1.807, 2.05) is 6.07 Å². The van der Waals surface area contributed by atoms with E-state index in [4.69, 9.17) is 10.00 Å². The Hall–Kier alpha value is -2.39. The van der Waals surface area contributed by atoms with Crippen LogP contribution in [0.5, 0.6) is 5.75 Å². The van der Waals surface area contributed by atoms with E-state index in [-0.39, 0.29) is 23.6 Å². The molecule has 0 spiro atoms. The van der Waals surface area contributed by atoms with E-state index in [9.17, 15) is 10.1 Å². The Labute approximate surface area is 117 Å². The molecular formula is C14H17N3O3. The maximum Gasteiger partial charge on any atom is 0.312 e. The second-order valence-electron chi connectivity index (χ2n) is 4.27. The quantitative estimate of drug-likeness (QED) is 0.340. The molecule has 6 nitrogen and oxygen atoms in total. The number of nitrogens with one attached hydrogen (secondary N) is 1. The van der Waals surface area contributed by atoms with Crippen LogP contribution in [0.25, 0.3) is 0 Å². The Morgan fingerprint density at radius 2 is 2.35 bits per heavy atom. The number of hydrogen-bond donors (Lipinski definition) is 1. The van der Waals surface area contributed by atoms with Gasteiger partial charge in [0.1, 0.15) is 6.61 Å². The molecule has 0 fully saturated rings. The summed E-state index contributed by atoms with van der Waals surface area (Å²) in [7, 11) is 0. The van der Waals surface area contributed by atoms with Gasteiger partial charge in [-0.05, 0) is 30.7 Å². The number of nitriles is 1. The smallest absolute Gasteiger partial charge is 0.312 e. The van der Waals surface area contributed by atoms with Crippen molar-refractivity contribution in [3.8, 4) is 11.8 Å². The van der Waals surface area contributed by atoms with Crippen molar-refractivity contribution in [1.29, 1.82) is 5.26 Å². The van der Waals surface area contributed by atoms with E-state index >= 15 is 0 Å². The Bertz CT molecular complexity index is 535. The van der Waals surface area contributed by atoms with Gasteiger partial charge in [-0.1, -0.05) is 13.5 Å². The van der Waals surface area contributed by atoms with Crippen molar-refractivity contribution in [2.24, 2.45) is 0 Å². The lowest BCUT2D eigenvalue weighted by Crippen LogP contribution is -2.20. The van der Waals surface area contributed by atoms with Gasteiger partial charge in [0.15, 0.2) is 5.75 Å². The molecular weight excluding hydrogens is 258 g/mol. The number of benzene rings is 1. The number of ether oxygens (including phenoxy) is 1. The van der Waals surface area contributed by atoms with Crippen LogP contribution in [0.3, 0.4) is 0 Å². The summed E-state index contributed by atoms with van der Waals surface area (Å²) < 4.78 is 5.40. The van der Waals surface area contributed by atoms with Crippen molar-refractivity contribution in [3.05, 3.63) is 46.0 Å². The van der Waals surface area contributed by atoms with E-state index in [0.29, 0.717) is 6.54 Å². The van der Waals surface area contributed by atoms with Gasteiger partial charge in [-0.2, -0.15) is 5.26 Å². The highest BCUT2D eigenvalue weighted by Gasteiger charge is 2.16. The molecule has 1 N–H and O–H groups in total. The number of hydrogen-bond acceptors (Lipinski definition) is 5. The molecule has 1 aromatic rings. The van der Waals surface area contributed by atoms with Crippen molar-refractivity contribution in [2.75, 3.05) is 19.7 Å². The molecule has 0 aromatic heterocycles. The number of nitrogens with zero attached hydrogens (tertiary/aromatic N) is 2. The summed E-state index contributed by atoms with van der Waals surface area (Å²) in [6, 6.07) is 5.98. The molecule has 0 saturated carbocycles. The molecule has 0 amide bonds. The van der Waals surface area contributed by atoms with Crippen LogP contribution in [0.2, 0.25) is 0 Å². The highest BCUT2D eigenvalue weighted by molar-refractivity contribution is 5.51. The van der Waals surface area contributed by atoms with Gasteiger partial charge in [0.2, 0.25) is 0 Å². The molecule has 0 heterocycles. The fraction of sp³-hybridized carbons (Fsp3) is 0.357. The van der Waals surface area contributed by atoms with Gasteiger partial charge in [-0.3, -0.25) is 10.1 Å². The Morgan fingerprint density at radius 1 is 1.60 bits per heavy atom. The Kier molecular flexibility index (Phi) is 6.20. The predicted octanol–water partition coefficient (Wildman–Crippen LogP) is 2.40. The van der Waals surface area contributed by atoms with E-state index in [1.165, 1.54) is 18.2 Å².